The lowest BCUT2D eigenvalue weighted by atomic mass is 9.89. The van der Waals surface area contributed by atoms with Crippen LogP contribution in [0.2, 0.25) is 0 Å². The van der Waals surface area contributed by atoms with Crippen molar-refractivity contribution >= 4 is 11.9 Å². The average Bonchev–Trinajstić information content (AvgIpc) is 2.93. The lowest BCUT2D eigenvalue weighted by Gasteiger charge is -2.34. The van der Waals surface area contributed by atoms with E-state index in [1.807, 2.05) is 18.9 Å². The van der Waals surface area contributed by atoms with Gasteiger partial charge in [-0.1, -0.05) is 6.92 Å². The maximum absolute atomic E-state index is 12.5. The van der Waals surface area contributed by atoms with Gasteiger partial charge in [-0.25, -0.2) is 0 Å². The number of nitrogens with zero attached hydrogens (tertiary/aromatic N) is 2. The standard InChI is InChI=1S/C17H31N3O3/c1-4-23-16(22)14-6-5-9-20(10-14)15(21)11-19(3)13-17(2)7-8-18-12-17/h14,18H,4-13H2,1-3H3. The first-order valence-corrected chi connectivity index (χ1v) is 8.77. The van der Waals surface area contributed by atoms with Crippen LogP contribution in [0.1, 0.15) is 33.1 Å². The molecule has 2 heterocycles. The Hall–Kier alpha value is -1.14. The number of rotatable bonds is 6. The van der Waals surface area contributed by atoms with Crippen LogP contribution in [0.3, 0.4) is 0 Å². The van der Waals surface area contributed by atoms with Crippen LogP contribution >= 0.6 is 0 Å². The Kier molecular flexibility index (Phi) is 6.41. The van der Waals surface area contributed by atoms with Crippen LogP contribution in [0, 0.1) is 11.3 Å². The highest BCUT2D eigenvalue weighted by molar-refractivity contribution is 5.80. The quantitative estimate of drug-likeness (QED) is 0.729. The predicted octanol–water partition coefficient (Wildman–Crippen LogP) is 0.720. The molecule has 2 fully saturated rings. The van der Waals surface area contributed by atoms with Gasteiger partial charge in [0.1, 0.15) is 0 Å². The molecule has 0 aromatic rings. The summed E-state index contributed by atoms with van der Waals surface area (Å²) < 4.78 is 5.10. The van der Waals surface area contributed by atoms with E-state index in [2.05, 4.69) is 17.1 Å². The summed E-state index contributed by atoms with van der Waals surface area (Å²) in [7, 11) is 2.01. The molecule has 0 bridgehead atoms. The molecule has 0 aromatic heterocycles. The Morgan fingerprint density at radius 3 is 2.87 bits per heavy atom. The van der Waals surface area contributed by atoms with E-state index in [1.165, 1.54) is 0 Å². The largest absolute Gasteiger partial charge is 0.466 e. The number of ether oxygens (including phenoxy) is 1. The fourth-order valence-corrected chi connectivity index (χ4v) is 3.70. The van der Waals surface area contributed by atoms with Crippen LogP contribution in [0.4, 0.5) is 0 Å². The van der Waals surface area contributed by atoms with Gasteiger partial charge in [0, 0.05) is 26.2 Å². The Balaban J connectivity index is 1.81. The number of nitrogens with one attached hydrogen (secondary N) is 1. The van der Waals surface area contributed by atoms with Gasteiger partial charge in [-0.05, 0) is 45.2 Å². The molecule has 6 nitrogen and oxygen atoms in total. The SMILES string of the molecule is CCOC(=O)C1CCCN(C(=O)CN(C)CC2(C)CCNC2)C1. The van der Waals surface area contributed by atoms with Crippen LogP contribution < -0.4 is 5.32 Å². The summed E-state index contributed by atoms with van der Waals surface area (Å²) in [5, 5.41) is 3.39. The number of likely N-dealkylation sites (tertiary alicyclic amines) is 1. The summed E-state index contributed by atoms with van der Waals surface area (Å²) >= 11 is 0. The first-order chi connectivity index (χ1) is 10.9. The van der Waals surface area contributed by atoms with Gasteiger partial charge in [0.25, 0.3) is 0 Å². The van der Waals surface area contributed by atoms with E-state index >= 15 is 0 Å². The third-order valence-electron chi connectivity index (χ3n) is 4.91. The summed E-state index contributed by atoms with van der Waals surface area (Å²) in [6.07, 6.45) is 2.85. The van der Waals surface area contributed by atoms with Crippen LogP contribution in [0.5, 0.6) is 0 Å². The van der Waals surface area contributed by atoms with E-state index in [0.29, 0.717) is 19.7 Å². The molecule has 1 N–H and O–H groups in total. The molecular weight excluding hydrogens is 294 g/mol. The topological polar surface area (TPSA) is 61.9 Å². The van der Waals surface area contributed by atoms with Crippen LogP contribution in [0.25, 0.3) is 0 Å². The first-order valence-electron chi connectivity index (χ1n) is 8.77. The second-order valence-corrected chi connectivity index (χ2v) is 7.34. The summed E-state index contributed by atoms with van der Waals surface area (Å²) in [5.41, 5.74) is 0.254. The molecule has 132 valence electrons. The van der Waals surface area contributed by atoms with E-state index in [0.717, 1.165) is 45.4 Å². The van der Waals surface area contributed by atoms with Gasteiger partial charge in [0.2, 0.25) is 5.91 Å². The van der Waals surface area contributed by atoms with Gasteiger partial charge < -0.3 is 15.0 Å². The minimum absolute atomic E-state index is 0.121. The Morgan fingerprint density at radius 2 is 2.22 bits per heavy atom. The third-order valence-corrected chi connectivity index (χ3v) is 4.91. The minimum atomic E-state index is -0.164. The number of esters is 1. The summed E-state index contributed by atoms with van der Waals surface area (Å²) in [4.78, 5) is 28.4. The van der Waals surface area contributed by atoms with Crippen molar-refractivity contribution in [2.45, 2.75) is 33.1 Å². The molecule has 2 aliphatic heterocycles. The second-order valence-electron chi connectivity index (χ2n) is 7.34. The monoisotopic (exact) mass is 325 g/mol. The molecule has 0 spiro atoms. The van der Waals surface area contributed by atoms with E-state index in [-0.39, 0.29) is 23.2 Å². The second kappa shape index (κ2) is 8.11. The number of hydrogen-bond donors (Lipinski definition) is 1. The highest BCUT2D eigenvalue weighted by atomic mass is 16.5. The van der Waals surface area contributed by atoms with Crippen molar-refractivity contribution in [3.63, 3.8) is 0 Å². The zero-order chi connectivity index (χ0) is 16.9. The van der Waals surface area contributed by atoms with Gasteiger partial charge in [0.05, 0.1) is 19.1 Å². The minimum Gasteiger partial charge on any atom is -0.466 e. The molecule has 2 saturated heterocycles. The average molecular weight is 325 g/mol. The number of amides is 1. The molecule has 0 aliphatic carbocycles. The van der Waals surface area contributed by atoms with Gasteiger partial charge in [-0.2, -0.15) is 0 Å². The molecule has 2 unspecified atom stereocenters. The summed E-state index contributed by atoms with van der Waals surface area (Å²) in [6, 6.07) is 0. The zero-order valence-electron chi connectivity index (χ0n) is 14.8. The number of piperidine rings is 1. The maximum atomic E-state index is 12.5. The van der Waals surface area contributed by atoms with Crippen molar-refractivity contribution in [3.05, 3.63) is 0 Å². The molecule has 0 saturated carbocycles. The van der Waals surface area contributed by atoms with E-state index in [9.17, 15) is 9.59 Å². The number of likely N-dealkylation sites (N-methyl/N-ethyl adjacent to an activating group) is 1. The smallest absolute Gasteiger partial charge is 0.310 e. The van der Waals surface area contributed by atoms with E-state index in [4.69, 9.17) is 4.74 Å². The van der Waals surface area contributed by atoms with Gasteiger partial charge in [-0.3, -0.25) is 14.5 Å². The van der Waals surface area contributed by atoms with Crippen molar-refractivity contribution < 1.29 is 14.3 Å². The Bertz CT molecular complexity index is 421. The van der Waals surface area contributed by atoms with Crippen molar-refractivity contribution in [2.75, 3.05) is 52.9 Å². The lowest BCUT2D eigenvalue weighted by molar-refractivity contribution is -0.151. The van der Waals surface area contributed by atoms with Crippen molar-refractivity contribution in [2.24, 2.45) is 11.3 Å². The van der Waals surface area contributed by atoms with Crippen molar-refractivity contribution in [1.29, 1.82) is 0 Å². The first kappa shape index (κ1) is 18.2. The third kappa shape index (κ3) is 5.18. The van der Waals surface area contributed by atoms with Crippen molar-refractivity contribution in [1.82, 2.24) is 15.1 Å². The molecule has 2 atom stereocenters. The fourth-order valence-electron chi connectivity index (χ4n) is 3.70. The number of hydrogen-bond acceptors (Lipinski definition) is 5. The normalized spacial score (nSPS) is 28.2. The Labute approximate surface area is 139 Å². The summed E-state index contributed by atoms with van der Waals surface area (Å²) in [5.74, 6) is -0.201. The number of carbonyl (C=O) groups is 2. The molecule has 1 amide bonds. The zero-order valence-corrected chi connectivity index (χ0v) is 14.8. The molecule has 0 aromatic carbocycles. The van der Waals surface area contributed by atoms with Crippen LogP contribution in [-0.2, 0) is 14.3 Å². The number of carbonyl (C=O) groups excluding carboxylic acids is 2. The van der Waals surface area contributed by atoms with Crippen molar-refractivity contribution in [3.8, 4) is 0 Å². The molecular formula is C17H31N3O3. The van der Waals surface area contributed by atoms with Crippen LogP contribution in [-0.4, -0.2) is 74.6 Å². The molecule has 0 radical (unpaired) electrons. The van der Waals surface area contributed by atoms with E-state index in [1.54, 1.807) is 0 Å². The highest BCUT2D eigenvalue weighted by Gasteiger charge is 2.32. The molecule has 2 rings (SSSR count). The molecule has 6 heteroatoms. The fraction of sp³-hybridized carbons (Fsp3) is 0.882. The summed E-state index contributed by atoms with van der Waals surface area (Å²) in [6.45, 7) is 9.16. The molecule has 23 heavy (non-hydrogen) atoms. The van der Waals surface area contributed by atoms with E-state index < -0.39 is 0 Å². The Morgan fingerprint density at radius 1 is 1.43 bits per heavy atom. The molecule has 2 aliphatic rings. The maximum Gasteiger partial charge on any atom is 0.310 e. The van der Waals surface area contributed by atoms with Gasteiger partial charge >= 0.3 is 5.97 Å². The van der Waals surface area contributed by atoms with Gasteiger partial charge in [-0.15, -0.1) is 0 Å². The van der Waals surface area contributed by atoms with Crippen LogP contribution in [0.15, 0.2) is 0 Å². The van der Waals surface area contributed by atoms with Gasteiger partial charge in [0.15, 0.2) is 0 Å². The predicted molar refractivity (Wildman–Crippen MR) is 89.0 cm³/mol. The lowest BCUT2D eigenvalue weighted by Crippen LogP contribution is -2.47. The highest BCUT2D eigenvalue weighted by Crippen LogP contribution is 2.25.